The summed E-state index contributed by atoms with van der Waals surface area (Å²) < 4.78 is 22.1. The Morgan fingerprint density at radius 2 is 2.10 bits per heavy atom. The monoisotopic (exact) mass is 360 g/mol. The van der Waals surface area contributed by atoms with E-state index in [9.17, 15) is 4.39 Å². The number of ether oxygens (including phenoxy) is 1. The molecule has 0 saturated heterocycles. The van der Waals surface area contributed by atoms with Gasteiger partial charge in [-0.3, -0.25) is 0 Å². The molecule has 0 aliphatic heterocycles. The van der Waals surface area contributed by atoms with Crippen LogP contribution in [-0.4, -0.2) is 22.8 Å². The van der Waals surface area contributed by atoms with Gasteiger partial charge in [0.2, 0.25) is 0 Å². The molecule has 0 radical (unpaired) electrons. The molecule has 2 aromatic rings. The summed E-state index contributed by atoms with van der Waals surface area (Å²) in [6.07, 6.45) is 3.09. The number of nitrogens with one attached hydrogen (secondary N) is 1. The molecule has 0 amide bonds. The zero-order valence-corrected chi connectivity index (χ0v) is 13.8. The van der Waals surface area contributed by atoms with Crippen molar-refractivity contribution in [2.75, 3.05) is 13.2 Å². The Balaban J connectivity index is 2.04. The highest BCUT2D eigenvalue weighted by molar-refractivity contribution is 9.10. The molecule has 110 valence electrons. The van der Waals surface area contributed by atoms with Crippen molar-refractivity contribution in [2.24, 2.45) is 0 Å². The molecule has 1 aromatic heterocycles. The van der Waals surface area contributed by atoms with Gasteiger partial charge in [0.25, 0.3) is 0 Å². The molecule has 1 aromatic carbocycles. The summed E-state index contributed by atoms with van der Waals surface area (Å²) >= 11 is 8.47. The van der Waals surface area contributed by atoms with Crippen LogP contribution in [0.2, 0.25) is 0 Å². The maximum Gasteiger partial charge on any atom is 0.178 e. The summed E-state index contributed by atoms with van der Waals surface area (Å²) in [6.45, 7) is 4.37. The zero-order chi connectivity index (χ0) is 14.5. The van der Waals surface area contributed by atoms with E-state index in [2.05, 4.69) is 27.8 Å². The number of halogens is 2. The number of hydrogen-bond acceptors (Lipinski definition) is 2. The minimum atomic E-state index is -0.278. The summed E-state index contributed by atoms with van der Waals surface area (Å²) in [6, 6.07) is 3.22. The van der Waals surface area contributed by atoms with Crippen molar-refractivity contribution >= 4 is 39.2 Å². The van der Waals surface area contributed by atoms with Crippen LogP contribution in [0.3, 0.4) is 0 Å². The number of rotatable bonds is 7. The Kier molecular flexibility index (Phi) is 5.74. The van der Waals surface area contributed by atoms with Crippen LogP contribution in [0.1, 0.15) is 26.2 Å². The van der Waals surface area contributed by atoms with E-state index in [1.165, 1.54) is 6.07 Å². The molecule has 0 bridgehead atoms. The third-order valence-electron chi connectivity index (χ3n) is 3.13. The lowest BCUT2D eigenvalue weighted by molar-refractivity contribution is 0.126. The molecule has 0 spiro atoms. The maximum absolute atomic E-state index is 13.6. The number of fused-ring (bicyclic) bond motifs is 1. The van der Waals surface area contributed by atoms with Gasteiger partial charge in [0, 0.05) is 25.8 Å². The fraction of sp³-hybridized carbons (Fsp3) is 0.500. The molecule has 0 fully saturated rings. The van der Waals surface area contributed by atoms with Crippen LogP contribution in [0.5, 0.6) is 0 Å². The highest BCUT2D eigenvalue weighted by Gasteiger charge is 2.08. The number of benzene rings is 1. The molecule has 2 rings (SSSR count). The molecule has 0 unspecified atom stereocenters. The number of aromatic nitrogens is 2. The predicted molar refractivity (Wildman–Crippen MR) is 85.1 cm³/mol. The van der Waals surface area contributed by atoms with Crippen molar-refractivity contribution in [3.63, 3.8) is 0 Å². The number of nitrogens with zero attached hydrogens (tertiary/aromatic N) is 1. The van der Waals surface area contributed by atoms with Crippen LogP contribution in [0, 0.1) is 10.6 Å². The summed E-state index contributed by atoms with van der Waals surface area (Å²) in [5.74, 6) is -0.278. The van der Waals surface area contributed by atoms with Gasteiger partial charge >= 0.3 is 0 Å². The van der Waals surface area contributed by atoms with E-state index in [4.69, 9.17) is 17.0 Å². The number of aryl methyl sites for hydroxylation is 1. The van der Waals surface area contributed by atoms with Crippen molar-refractivity contribution < 1.29 is 9.13 Å². The normalized spacial score (nSPS) is 11.3. The number of hydrogen-bond donors (Lipinski definition) is 1. The minimum Gasteiger partial charge on any atom is -0.381 e. The minimum absolute atomic E-state index is 0.278. The molecule has 1 N–H and O–H groups in total. The summed E-state index contributed by atoms with van der Waals surface area (Å²) in [4.78, 5) is 3.10. The zero-order valence-electron chi connectivity index (χ0n) is 11.4. The van der Waals surface area contributed by atoms with E-state index in [0.29, 0.717) is 15.9 Å². The maximum atomic E-state index is 13.6. The van der Waals surface area contributed by atoms with Crippen molar-refractivity contribution in [3.8, 4) is 0 Å². The first-order chi connectivity index (χ1) is 9.63. The fourth-order valence-corrected chi connectivity index (χ4v) is 2.69. The average Bonchev–Trinajstić information content (AvgIpc) is 2.70. The van der Waals surface area contributed by atoms with E-state index in [1.54, 1.807) is 6.07 Å². The van der Waals surface area contributed by atoms with E-state index < -0.39 is 0 Å². The SMILES string of the molecule is CCCCOCCCn1c(=S)[nH]c2cc(Br)c(F)cc21. The van der Waals surface area contributed by atoms with E-state index in [-0.39, 0.29) is 5.82 Å². The molecule has 0 aliphatic carbocycles. The molecular weight excluding hydrogens is 343 g/mol. The quantitative estimate of drug-likeness (QED) is 0.567. The van der Waals surface area contributed by atoms with E-state index >= 15 is 0 Å². The van der Waals surface area contributed by atoms with Crippen molar-refractivity contribution in [2.45, 2.75) is 32.7 Å². The van der Waals surface area contributed by atoms with Crippen LogP contribution < -0.4 is 0 Å². The van der Waals surface area contributed by atoms with E-state index in [0.717, 1.165) is 43.4 Å². The lowest BCUT2D eigenvalue weighted by Gasteiger charge is -2.06. The number of imidazole rings is 1. The first kappa shape index (κ1) is 15.7. The molecule has 0 aliphatic rings. The van der Waals surface area contributed by atoms with Gasteiger partial charge in [-0.05, 0) is 47.1 Å². The van der Waals surface area contributed by atoms with Crippen LogP contribution in [-0.2, 0) is 11.3 Å². The Morgan fingerprint density at radius 3 is 2.85 bits per heavy atom. The van der Waals surface area contributed by atoms with Gasteiger partial charge in [0.1, 0.15) is 5.82 Å². The summed E-state index contributed by atoms with van der Waals surface area (Å²) in [5, 5.41) is 0. The van der Waals surface area contributed by atoms with Crippen molar-refractivity contribution in [1.82, 2.24) is 9.55 Å². The second kappa shape index (κ2) is 7.33. The first-order valence-corrected chi connectivity index (χ1v) is 7.99. The average molecular weight is 361 g/mol. The third-order valence-corrected chi connectivity index (χ3v) is 4.06. The Bertz CT molecular complexity index is 638. The van der Waals surface area contributed by atoms with Crippen LogP contribution >= 0.6 is 28.1 Å². The Labute approximate surface area is 131 Å². The Morgan fingerprint density at radius 1 is 1.35 bits per heavy atom. The predicted octanol–water partition coefficient (Wildman–Crippen LogP) is 4.81. The largest absolute Gasteiger partial charge is 0.381 e. The van der Waals surface area contributed by atoms with Gasteiger partial charge in [-0.15, -0.1) is 0 Å². The van der Waals surface area contributed by atoms with Gasteiger partial charge in [0.05, 0.1) is 15.5 Å². The van der Waals surface area contributed by atoms with Crippen molar-refractivity contribution in [1.29, 1.82) is 0 Å². The highest BCUT2D eigenvalue weighted by Crippen LogP contribution is 2.23. The molecule has 3 nitrogen and oxygen atoms in total. The Hall–Kier alpha value is -0.720. The molecule has 1 heterocycles. The van der Waals surface area contributed by atoms with Crippen LogP contribution in [0.15, 0.2) is 16.6 Å². The molecule has 20 heavy (non-hydrogen) atoms. The van der Waals surface area contributed by atoms with Crippen LogP contribution in [0.4, 0.5) is 4.39 Å². The van der Waals surface area contributed by atoms with Gasteiger partial charge in [-0.1, -0.05) is 13.3 Å². The van der Waals surface area contributed by atoms with Crippen molar-refractivity contribution in [3.05, 3.63) is 27.2 Å². The van der Waals surface area contributed by atoms with Gasteiger partial charge in [0.15, 0.2) is 4.77 Å². The molecule has 6 heteroatoms. The highest BCUT2D eigenvalue weighted by atomic mass is 79.9. The molecule has 0 atom stereocenters. The topological polar surface area (TPSA) is 29.9 Å². The lowest BCUT2D eigenvalue weighted by atomic mass is 10.3. The van der Waals surface area contributed by atoms with Gasteiger partial charge in [-0.25, -0.2) is 4.39 Å². The van der Waals surface area contributed by atoms with Gasteiger partial charge in [-0.2, -0.15) is 0 Å². The van der Waals surface area contributed by atoms with Gasteiger partial charge < -0.3 is 14.3 Å². The third kappa shape index (κ3) is 3.68. The summed E-state index contributed by atoms with van der Waals surface area (Å²) in [5.41, 5.74) is 1.64. The smallest absolute Gasteiger partial charge is 0.178 e. The van der Waals surface area contributed by atoms with Crippen LogP contribution in [0.25, 0.3) is 11.0 Å². The standard InChI is InChI=1S/C14H18BrFN2OS/c1-2-3-6-19-7-4-5-18-13-9-11(16)10(15)8-12(13)17-14(18)20/h8-9H,2-7H2,1H3,(H,17,20). The molecule has 0 saturated carbocycles. The second-order valence-corrected chi connectivity index (χ2v) is 5.93. The van der Waals surface area contributed by atoms with E-state index in [1.807, 2.05) is 4.57 Å². The number of H-pyrrole nitrogens is 1. The number of aromatic amines is 1. The second-order valence-electron chi connectivity index (χ2n) is 4.68. The lowest BCUT2D eigenvalue weighted by Crippen LogP contribution is -2.03. The first-order valence-electron chi connectivity index (χ1n) is 6.78. The number of unbranched alkanes of at least 4 members (excludes halogenated alkanes) is 1. The summed E-state index contributed by atoms with van der Waals surface area (Å²) in [7, 11) is 0. The molecular formula is C14H18BrFN2OS. The fourth-order valence-electron chi connectivity index (χ4n) is 2.05.